The van der Waals surface area contributed by atoms with E-state index >= 15 is 0 Å². The van der Waals surface area contributed by atoms with Gasteiger partial charge in [-0.05, 0) is 55.4 Å². The Balaban J connectivity index is 1.61. The predicted molar refractivity (Wildman–Crippen MR) is 122 cm³/mol. The van der Waals surface area contributed by atoms with Gasteiger partial charge in [-0.1, -0.05) is 58.1 Å². The van der Waals surface area contributed by atoms with Crippen molar-refractivity contribution in [2.75, 3.05) is 13.2 Å². The SMILES string of the molecule is CCCCCCCC1CCC(c2ccc(-c3ccc(OCCC)c(F)c3F)c(F)c2)OC1. The predicted octanol–water partition coefficient (Wildman–Crippen LogP) is 8.39. The second-order valence-corrected chi connectivity index (χ2v) is 8.80. The zero-order valence-corrected chi connectivity index (χ0v) is 19.3. The Bertz CT molecular complexity index is 860. The molecule has 0 spiro atoms. The van der Waals surface area contributed by atoms with E-state index in [1.807, 2.05) is 6.92 Å². The molecule has 2 aromatic carbocycles. The summed E-state index contributed by atoms with van der Waals surface area (Å²) in [6, 6.07) is 7.38. The molecule has 32 heavy (non-hydrogen) atoms. The minimum Gasteiger partial charge on any atom is -0.490 e. The van der Waals surface area contributed by atoms with Gasteiger partial charge in [0.1, 0.15) is 5.82 Å². The first-order chi connectivity index (χ1) is 15.5. The first-order valence-electron chi connectivity index (χ1n) is 12.1. The van der Waals surface area contributed by atoms with Crippen LogP contribution in [0.1, 0.15) is 83.3 Å². The molecule has 0 aromatic heterocycles. The van der Waals surface area contributed by atoms with Crippen molar-refractivity contribution in [3.8, 4) is 16.9 Å². The lowest BCUT2D eigenvalue weighted by Crippen LogP contribution is -2.20. The monoisotopic (exact) mass is 448 g/mol. The fourth-order valence-electron chi connectivity index (χ4n) is 4.35. The summed E-state index contributed by atoms with van der Waals surface area (Å²) >= 11 is 0. The summed E-state index contributed by atoms with van der Waals surface area (Å²) < 4.78 is 55.0. The quantitative estimate of drug-likeness (QED) is 0.321. The Morgan fingerprint density at radius 3 is 2.34 bits per heavy atom. The summed E-state index contributed by atoms with van der Waals surface area (Å²) in [7, 11) is 0. The molecular formula is C27H35F3O2. The van der Waals surface area contributed by atoms with Crippen LogP contribution < -0.4 is 4.74 Å². The lowest BCUT2D eigenvalue weighted by atomic mass is 9.90. The molecule has 2 unspecified atom stereocenters. The largest absolute Gasteiger partial charge is 0.490 e. The molecule has 1 saturated heterocycles. The summed E-state index contributed by atoms with van der Waals surface area (Å²) in [5.41, 5.74) is 0.674. The van der Waals surface area contributed by atoms with Crippen molar-refractivity contribution < 1.29 is 22.6 Å². The van der Waals surface area contributed by atoms with Crippen LogP contribution in [0.3, 0.4) is 0 Å². The maximum absolute atomic E-state index is 14.9. The van der Waals surface area contributed by atoms with E-state index in [1.165, 1.54) is 62.8 Å². The summed E-state index contributed by atoms with van der Waals surface area (Å²) in [6.45, 7) is 5.09. The number of benzene rings is 2. The molecule has 2 atom stereocenters. The Morgan fingerprint density at radius 1 is 0.875 bits per heavy atom. The van der Waals surface area contributed by atoms with Gasteiger partial charge in [-0.3, -0.25) is 0 Å². The normalized spacial score (nSPS) is 18.7. The number of hydrogen-bond donors (Lipinski definition) is 0. The van der Waals surface area contributed by atoms with Gasteiger partial charge < -0.3 is 9.47 Å². The van der Waals surface area contributed by atoms with Gasteiger partial charge in [0, 0.05) is 11.1 Å². The third-order valence-corrected chi connectivity index (χ3v) is 6.25. The maximum Gasteiger partial charge on any atom is 0.201 e. The average Bonchev–Trinajstić information content (AvgIpc) is 2.81. The van der Waals surface area contributed by atoms with Crippen LogP contribution in [0, 0.1) is 23.4 Å². The zero-order chi connectivity index (χ0) is 22.9. The summed E-state index contributed by atoms with van der Waals surface area (Å²) in [5.74, 6) is -2.34. The molecule has 0 radical (unpaired) electrons. The van der Waals surface area contributed by atoms with Gasteiger partial charge in [-0.15, -0.1) is 0 Å². The summed E-state index contributed by atoms with van der Waals surface area (Å²) in [6.07, 6.45) is 10.0. The van der Waals surface area contributed by atoms with E-state index in [4.69, 9.17) is 9.47 Å². The molecular weight excluding hydrogens is 413 g/mol. The Morgan fingerprint density at radius 2 is 1.66 bits per heavy atom. The first-order valence-corrected chi connectivity index (χ1v) is 12.1. The fraction of sp³-hybridized carbons (Fsp3) is 0.556. The van der Waals surface area contributed by atoms with Crippen LogP contribution in [0.2, 0.25) is 0 Å². The Labute approximate surface area is 190 Å². The van der Waals surface area contributed by atoms with E-state index in [-0.39, 0.29) is 23.0 Å². The summed E-state index contributed by atoms with van der Waals surface area (Å²) in [4.78, 5) is 0. The maximum atomic E-state index is 14.9. The van der Waals surface area contributed by atoms with E-state index < -0.39 is 17.5 Å². The fourth-order valence-corrected chi connectivity index (χ4v) is 4.35. The van der Waals surface area contributed by atoms with Crippen molar-refractivity contribution in [3.63, 3.8) is 0 Å². The van der Waals surface area contributed by atoms with Crippen molar-refractivity contribution in [2.24, 2.45) is 5.92 Å². The van der Waals surface area contributed by atoms with E-state index in [0.717, 1.165) is 18.4 Å². The van der Waals surface area contributed by atoms with Gasteiger partial charge in [0.25, 0.3) is 0 Å². The van der Waals surface area contributed by atoms with Gasteiger partial charge in [-0.2, -0.15) is 4.39 Å². The number of ether oxygens (including phenoxy) is 2. The van der Waals surface area contributed by atoms with Crippen LogP contribution in [0.25, 0.3) is 11.1 Å². The molecule has 176 valence electrons. The van der Waals surface area contributed by atoms with E-state index in [2.05, 4.69) is 6.92 Å². The van der Waals surface area contributed by atoms with Crippen LogP contribution in [-0.2, 0) is 4.74 Å². The number of hydrogen-bond acceptors (Lipinski definition) is 2. The second kappa shape index (κ2) is 12.3. The zero-order valence-electron chi connectivity index (χ0n) is 19.3. The third kappa shape index (κ3) is 6.28. The molecule has 1 aliphatic heterocycles. The minimum absolute atomic E-state index is 0.0351. The highest BCUT2D eigenvalue weighted by Crippen LogP contribution is 2.36. The topological polar surface area (TPSA) is 18.5 Å². The van der Waals surface area contributed by atoms with Crippen LogP contribution in [0.5, 0.6) is 5.75 Å². The molecule has 0 N–H and O–H groups in total. The number of halogens is 3. The molecule has 1 fully saturated rings. The standard InChI is InChI=1S/C27H35F3O2/c1-3-5-6-7-8-9-19-10-14-24(32-18-19)20-11-12-21(23(28)17-20)22-13-15-25(31-16-4-2)27(30)26(22)29/h11-13,15,17,19,24H,3-10,14,16,18H2,1-2H3. The van der Waals surface area contributed by atoms with Crippen molar-refractivity contribution in [3.05, 3.63) is 53.3 Å². The molecule has 0 bridgehead atoms. The number of rotatable bonds is 11. The van der Waals surface area contributed by atoms with Gasteiger partial charge in [0.05, 0.1) is 19.3 Å². The molecule has 3 rings (SSSR count). The van der Waals surface area contributed by atoms with Crippen LogP contribution >= 0.6 is 0 Å². The molecule has 1 heterocycles. The lowest BCUT2D eigenvalue weighted by molar-refractivity contribution is -0.0200. The third-order valence-electron chi connectivity index (χ3n) is 6.25. The lowest BCUT2D eigenvalue weighted by Gasteiger charge is -2.29. The first kappa shape index (κ1) is 24.6. The van der Waals surface area contributed by atoms with Gasteiger partial charge >= 0.3 is 0 Å². The van der Waals surface area contributed by atoms with Crippen molar-refractivity contribution >= 4 is 0 Å². The van der Waals surface area contributed by atoms with Crippen LogP contribution in [0.15, 0.2) is 30.3 Å². The highest BCUT2D eigenvalue weighted by atomic mass is 19.2. The van der Waals surface area contributed by atoms with Crippen molar-refractivity contribution in [1.29, 1.82) is 0 Å². The van der Waals surface area contributed by atoms with E-state index in [0.29, 0.717) is 25.6 Å². The Kier molecular flexibility index (Phi) is 9.46. The van der Waals surface area contributed by atoms with E-state index in [9.17, 15) is 13.2 Å². The molecule has 0 amide bonds. The number of unbranched alkanes of at least 4 members (excludes halogenated alkanes) is 4. The van der Waals surface area contributed by atoms with Crippen molar-refractivity contribution in [2.45, 2.75) is 77.7 Å². The van der Waals surface area contributed by atoms with Crippen LogP contribution in [-0.4, -0.2) is 13.2 Å². The summed E-state index contributed by atoms with van der Waals surface area (Å²) in [5, 5.41) is 0. The molecule has 0 saturated carbocycles. The van der Waals surface area contributed by atoms with Crippen molar-refractivity contribution in [1.82, 2.24) is 0 Å². The average molecular weight is 449 g/mol. The molecule has 1 aliphatic rings. The Hall–Kier alpha value is -2.01. The van der Waals surface area contributed by atoms with E-state index in [1.54, 1.807) is 6.07 Å². The molecule has 0 aliphatic carbocycles. The highest BCUT2D eigenvalue weighted by molar-refractivity contribution is 5.66. The van der Waals surface area contributed by atoms with Gasteiger partial charge in [0.2, 0.25) is 5.82 Å². The highest BCUT2D eigenvalue weighted by Gasteiger charge is 2.24. The smallest absolute Gasteiger partial charge is 0.201 e. The van der Waals surface area contributed by atoms with Crippen LogP contribution in [0.4, 0.5) is 13.2 Å². The van der Waals surface area contributed by atoms with Gasteiger partial charge in [-0.25, -0.2) is 8.78 Å². The van der Waals surface area contributed by atoms with Gasteiger partial charge in [0.15, 0.2) is 11.6 Å². The molecule has 5 heteroatoms. The molecule has 2 aromatic rings. The second-order valence-electron chi connectivity index (χ2n) is 8.80. The minimum atomic E-state index is -1.10. The molecule has 2 nitrogen and oxygen atoms in total.